The first-order chi connectivity index (χ1) is 9.75. The van der Waals surface area contributed by atoms with Crippen LogP contribution in [0.25, 0.3) is 0 Å². The van der Waals surface area contributed by atoms with Crippen molar-refractivity contribution in [1.82, 2.24) is 9.55 Å². The van der Waals surface area contributed by atoms with Crippen LogP contribution in [-0.2, 0) is 18.3 Å². The van der Waals surface area contributed by atoms with Crippen LogP contribution < -0.4 is 4.74 Å². The van der Waals surface area contributed by atoms with Gasteiger partial charge < -0.3 is 9.30 Å². The minimum Gasteiger partial charge on any atom is -0.493 e. The summed E-state index contributed by atoms with van der Waals surface area (Å²) < 4.78 is 7.57. The summed E-state index contributed by atoms with van der Waals surface area (Å²) in [5, 5.41) is 0. The summed E-state index contributed by atoms with van der Waals surface area (Å²) in [6.45, 7) is 0.621. The lowest BCUT2D eigenvalue weighted by molar-refractivity contribution is -0.121. The smallest absolute Gasteiger partial charge is 0.141 e. The molecule has 1 aliphatic rings. The number of aromatic nitrogens is 2. The summed E-state index contributed by atoms with van der Waals surface area (Å²) in [5.41, 5.74) is 1.03. The van der Waals surface area contributed by atoms with E-state index in [-0.39, 0.29) is 11.7 Å². The molecule has 2 aromatic rings. The van der Waals surface area contributed by atoms with E-state index in [1.54, 1.807) is 6.20 Å². The second-order valence-electron chi connectivity index (χ2n) is 5.15. The molecule has 0 saturated carbocycles. The molecule has 20 heavy (non-hydrogen) atoms. The van der Waals surface area contributed by atoms with Gasteiger partial charge in [0, 0.05) is 43.8 Å². The number of carbonyl (C=O) groups is 1. The Morgan fingerprint density at radius 2 is 2.30 bits per heavy atom. The molecule has 4 nitrogen and oxygen atoms in total. The van der Waals surface area contributed by atoms with Crippen molar-refractivity contribution >= 4 is 5.78 Å². The van der Waals surface area contributed by atoms with Gasteiger partial charge in [0.25, 0.3) is 0 Å². The van der Waals surface area contributed by atoms with Crippen molar-refractivity contribution in [3.8, 4) is 5.75 Å². The first-order valence-electron chi connectivity index (χ1n) is 6.96. The number of nitrogens with zero attached hydrogens (tertiary/aromatic N) is 2. The first kappa shape index (κ1) is 12.9. The van der Waals surface area contributed by atoms with Gasteiger partial charge in [0.2, 0.25) is 0 Å². The molecule has 0 spiro atoms. The van der Waals surface area contributed by atoms with E-state index in [2.05, 4.69) is 4.98 Å². The largest absolute Gasteiger partial charge is 0.493 e. The number of ether oxygens (including phenoxy) is 1. The van der Waals surface area contributed by atoms with E-state index in [0.29, 0.717) is 19.4 Å². The number of rotatable bonds is 4. The standard InChI is InChI=1S/C16H18N2O2/c1-18-10-9-17-16(18)7-6-14(19)12-8-11-20-15-5-3-2-4-13(12)15/h2-5,9-10,12H,6-8,11H2,1H3. The van der Waals surface area contributed by atoms with Gasteiger partial charge in [-0.25, -0.2) is 4.98 Å². The molecule has 0 bridgehead atoms. The Morgan fingerprint density at radius 1 is 1.45 bits per heavy atom. The third-order valence-corrected chi connectivity index (χ3v) is 3.86. The second-order valence-corrected chi connectivity index (χ2v) is 5.15. The number of hydrogen-bond donors (Lipinski definition) is 0. The molecule has 2 heterocycles. The molecular weight excluding hydrogens is 252 g/mol. The van der Waals surface area contributed by atoms with E-state index in [0.717, 1.165) is 23.6 Å². The van der Waals surface area contributed by atoms with Crippen LogP contribution in [0, 0.1) is 0 Å². The summed E-state index contributed by atoms with van der Waals surface area (Å²) in [6, 6.07) is 7.84. The van der Waals surface area contributed by atoms with Crippen LogP contribution in [0.1, 0.15) is 30.1 Å². The maximum atomic E-state index is 12.5. The van der Waals surface area contributed by atoms with E-state index in [1.165, 1.54) is 0 Å². The molecule has 0 saturated heterocycles. The van der Waals surface area contributed by atoms with E-state index >= 15 is 0 Å². The lowest BCUT2D eigenvalue weighted by atomic mass is 9.87. The highest BCUT2D eigenvalue weighted by molar-refractivity contribution is 5.86. The van der Waals surface area contributed by atoms with Crippen molar-refractivity contribution in [1.29, 1.82) is 0 Å². The maximum Gasteiger partial charge on any atom is 0.141 e. The Morgan fingerprint density at radius 3 is 3.10 bits per heavy atom. The Bertz CT molecular complexity index is 618. The minimum absolute atomic E-state index is 0.0276. The molecule has 104 valence electrons. The first-order valence-corrected chi connectivity index (χ1v) is 6.96. The fraction of sp³-hybridized carbons (Fsp3) is 0.375. The number of carbonyl (C=O) groups excluding carboxylic acids is 1. The lowest BCUT2D eigenvalue weighted by Gasteiger charge is -2.24. The summed E-state index contributed by atoms with van der Waals surface area (Å²) >= 11 is 0. The number of para-hydroxylation sites is 1. The zero-order valence-corrected chi connectivity index (χ0v) is 11.6. The third-order valence-electron chi connectivity index (χ3n) is 3.86. The summed E-state index contributed by atoms with van der Waals surface area (Å²) in [5.74, 6) is 2.07. The molecule has 0 amide bonds. The lowest BCUT2D eigenvalue weighted by Crippen LogP contribution is -2.21. The Balaban J connectivity index is 1.71. The van der Waals surface area contributed by atoms with Gasteiger partial charge in [0.1, 0.15) is 17.4 Å². The summed E-state index contributed by atoms with van der Waals surface area (Å²) in [6.07, 6.45) is 5.68. The van der Waals surface area contributed by atoms with Crippen LogP contribution in [0.5, 0.6) is 5.75 Å². The molecule has 0 radical (unpaired) electrons. The number of fused-ring (bicyclic) bond motifs is 1. The van der Waals surface area contributed by atoms with Gasteiger partial charge in [-0.05, 0) is 12.5 Å². The second kappa shape index (κ2) is 5.49. The van der Waals surface area contributed by atoms with Crippen LogP contribution >= 0.6 is 0 Å². The van der Waals surface area contributed by atoms with Gasteiger partial charge in [-0.15, -0.1) is 0 Å². The average Bonchev–Trinajstić information content (AvgIpc) is 2.89. The Hall–Kier alpha value is -2.10. The number of hydrogen-bond acceptors (Lipinski definition) is 3. The van der Waals surface area contributed by atoms with Gasteiger partial charge in [-0.3, -0.25) is 4.79 Å². The number of benzene rings is 1. The van der Waals surface area contributed by atoms with Crippen molar-refractivity contribution in [2.75, 3.05) is 6.61 Å². The van der Waals surface area contributed by atoms with Crippen LogP contribution in [-0.4, -0.2) is 21.9 Å². The quantitative estimate of drug-likeness (QED) is 0.857. The summed E-state index contributed by atoms with van der Waals surface area (Å²) in [7, 11) is 1.95. The number of imidazole rings is 1. The molecule has 0 aliphatic carbocycles. The molecule has 1 unspecified atom stereocenters. The Labute approximate surface area is 118 Å². The molecular formula is C16H18N2O2. The van der Waals surface area contributed by atoms with E-state index in [1.807, 2.05) is 42.1 Å². The van der Waals surface area contributed by atoms with E-state index in [9.17, 15) is 4.79 Å². The fourth-order valence-corrected chi connectivity index (χ4v) is 2.72. The molecule has 0 N–H and O–H groups in total. The fourth-order valence-electron chi connectivity index (χ4n) is 2.72. The highest BCUT2D eigenvalue weighted by Gasteiger charge is 2.26. The van der Waals surface area contributed by atoms with Crippen LogP contribution in [0.15, 0.2) is 36.7 Å². The average molecular weight is 270 g/mol. The predicted octanol–water partition coefficient (Wildman–Crippen LogP) is 2.49. The van der Waals surface area contributed by atoms with Crippen LogP contribution in [0.2, 0.25) is 0 Å². The van der Waals surface area contributed by atoms with Crippen molar-refractivity contribution in [3.63, 3.8) is 0 Å². The predicted molar refractivity (Wildman–Crippen MR) is 75.8 cm³/mol. The topological polar surface area (TPSA) is 44.1 Å². The van der Waals surface area contributed by atoms with Crippen molar-refractivity contribution < 1.29 is 9.53 Å². The Kier molecular flexibility index (Phi) is 3.54. The molecule has 1 aliphatic heterocycles. The number of ketones is 1. The highest BCUT2D eigenvalue weighted by Crippen LogP contribution is 2.34. The van der Waals surface area contributed by atoms with Gasteiger partial charge in [0.05, 0.1) is 6.61 Å². The van der Waals surface area contributed by atoms with Gasteiger partial charge in [0.15, 0.2) is 0 Å². The van der Waals surface area contributed by atoms with E-state index < -0.39 is 0 Å². The molecule has 1 atom stereocenters. The van der Waals surface area contributed by atoms with Gasteiger partial charge in [-0.1, -0.05) is 18.2 Å². The number of Topliss-reactive ketones (excluding diaryl/α,β-unsaturated/α-hetero) is 1. The molecule has 1 aromatic carbocycles. The van der Waals surface area contributed by atoms with Crippen molar-refractivity contribution in [3.05, 3.63) is 48.0 Å². The van der Waals surface area contributed by atoms with Gasteiger partial charge in [-0.2, -0.15) is 0 Å². The van der Waals surface area contributed by atoms with Crippen LogP contribution in [0.4, 0.5) is 0 Å². The monoisotopic (exact) mass is 270 g/mol. The molecule has 3 rings (SSSR count). The molecule has 4 heteroatoms. The highest BCUT2D eigenvalue weighted by atomic mass is 16.5. The molecule has 1 aromatic heterocycles. The molecule has 0 fully saturated rings. The zero-order chi connectivity index (χ0) is 13.9. The van der Waals surface area contributed by atoms with Crippen molar-refractivity contribution in [2.45, 2.75) is 25.2 Å². The van der Waals surface area contributed by atoms with Crippen LogP contribution in [0.3, 0.4) is 0 Å². The minimum atomic E-state index is -0.0276. The maximum absolute atomic E-state index is 12.5. The SMILES string of the molecule is Cn1ccnc1CCC(=O)C1CCOc2ccccc21. The van der Waals surface area contributed by atoms with E-state index in [4.69, 9.17) is 4.74 Å². The van der Waals surface area contributed by atoms with Gasteiger partial charge >= 0.3 is 0 Å². The number of aryl methyl sites for hydroxylation is 2. The zero-order valence-electron chi connectivity index (χ0n) is 11.6. The third kappa shape index (κ3) is 2.46. The summed E-state index contributed by atoms with van der Waals surface area (Å²) in [4.78, 5) is 16.7. The van der Waals surface area contributed by atoms with Crippen molar-refractivity contribution in [2.24, 2.45) is 7.05 Å². The normalized spacial score (nSPS) is 17.4.